The number of nitrogens with one attached hydrogen (secondary N) is 1. The summed E-state index contributed by atoms with van der Waals surface area (Å²) in [6.07, 6.45) is 3.54. The maximum Gasteiger partial charge on any atom is 0.178 e. The smallest absolute Gasteiger partial charge is 0.178 e. The molecule has 19 heavy (non-hydrogen) atoms. The molecule has 0 aliphatic heterocycles. The van der Waals surface area contributed by atoms with Gasteiger partial charge in [-0.3, -0.25) is 9.78 Å². The lowest BCUT2D eigenvalue weighted by Crippen LogP contribution is -2.23. The molecule has 2 heterocycles. The first-order chi connectivity index (χ1) is 9.09. The van der Waals surface area contributed by atoms with Crippen molar-refractivity contribution in [2.75, 3.05) is 6.54 Å². The third-order valence-corrected chi connectivity index (χ3v) is 3.41. The van der Waals surface area contributed by atoms with Crippen LogP contribution in [0.2, 0.25) is 0 Å². The van der Waals surface area contributed by atoms with Gasteiger partial charge in [0.2, 0.25) is 0 Å². The standard InChI is InChI=1S/C15H19N3O/c1-11-7-14(12(2)18(11)3)15(19)10-17-9-13-5-4-6-16-8-13/h4-8,17H,9-10H2,1-3H3. The molecule has 4 heteroatoms. The van der Waals surface area contributed by atoms with Crippen LogP contribution in [0.5, 0.6) is 0 Å². The lowest BCUT2D eigenvalue weighted by molar-refractivity contribution is 0.0990. The average Bonchev–Trinajstić information content (AvgIpc) is 2.68. The van der Waals surface area contributed by atoms with Gasteiger partial charge in [0.25, 0.3) is 0 Å². The maximum atomic E-state index is 12.1. The minimum atomic E-state index is 0.130. The van der Waals surface area contributed by atoms with Gasteiger partial charge in [-0.1, -0.05) is 6.07 Å². The summed E-state index contributed by atoms with van der Waals surface area (Å²) in [5.41, 5.74) is 4.01. The summed E-state index contributed by atoms with van der Waals surface area (Å²) in [6, 6.07) is 5.83. The van der Waals surface area contributed by atoms with Crippen LogP contribution in [0.25, 0.3) is 0 Å². The predicted molar refractivity (Wildman–Crippen MR) is 75.2 cm³/mol. The molecule has 0 amide bonds. The van der Waals surface area contributed by atoms with E-state index in [4.69, 9.17) is 0 Å². The van der Waals surface area contributed by atoms with Gasteiger partial charge in [0.05, 0.1) is 6.54 Å². The number of aromatic nitrogens is 2. The van der Waals surface area contributed by atoms with E-state index in [1.165, 1.54) is 0 Å². The van der Waals surface area contributed by atoms with E-state index in [2.05, 4.69) is 10.3 Å². The quantitative estimate of drug-likeness (QED) is 0.833. The Balaban J connectivity index is 1.93. The predicted octanol–water partition coefficient (Wildman–Crippen LogP) is 2.01. The molecule has 0 aliphatic carbocycles. The Bertz CT molecular complexity index is 573. The number of Topliss-reactive ketones (excluding diaryl/α,β-unsaturated/α-hetero) is 1. The Morgan fingerprint density at radius 2 is 2.21 bits per heavy atom. The Morgan fingerprint density at radius 3 is 2.79 bits per heavy atom. The van der Waals surface area contributed by atoms with Crippen LogP contribution >= 0.6 is 0 Å². The second kappa shape index (κ2) is 5.80. The highest BCUT2D eigenvalue weighted by Crippen LogP contribution is 2.13. The monoisotopic (exact) mass is 257 g/mol. The number of nitrogens with zero attached hydrogens (tertiary/aromatic N) is 2. The lowest BCUT2D eigenvalue weighted by atomic mass is 10.1. The highest BCUT2D eigenvalue weighted by atomic mass is 16.1. The van der Waals surface area contributed by atoms with Gasteiger partial charge in [-0.25, -0.2) is 0 Å². The van der Waals surface area contributed by atoms with Crippen LogP contribution in [-0.2, 0) is 13.6 Å². The molecular weight excluding hydrogens is 238 g/mol. The average molecular weight is 257 g/mol. The molecule has 100 valence electrons. The van der Waals surface area contributed by atoms with Crippen molar-refractivity contribution in [3.8, 4) is 0 Å². The molecule has 1 N–H and O–H groups in total. The van der Waals surface area contributed by atoms with Gasteiger partial charge in [0, 0.05) is 42.9 Å². The van der Waals surface area contributed by atoms with Crippen LogP contribution in [0.4, 0.5) is 0 Å². The Kier molecular flexibility index (Phi) is 4.12. The van der Waals surface area contributed by atoms with Gasteiger partial charge >= 0.3 is 0 Å². The normalized spacial score (nSPS) is 10.7. The molecule has 0 aromatic carbocycles. The van der Waals surface area contributed by atoms with Crippen LogP contribution in [0.15, 0.2) is 30.6 Å². The fourth-order valence-corrected chi connectivity index (χ4v) is 2.06. The second-order valence-electron chi connectivity index (χ2n) is 4.73. The zero-order valence-corrected chi connectivity index (χ0v) is 11.6. The van der Waals surface area contributed by atoms with E-state index in [0.717, 1.165) is 22.5 Å². The van der Waals surface area contributed by atoms with Gasteiger partial charge in [-0.05, 0) is 31.5 Å². The molecule has 0 saturated carbocycles. The molecule has 0 aliphatic rings. The summed E-state index contributed by atoms with van der Waals surface area (Å²) in [6.45, 7) is 4.98. The summed E-state index contributed by atoms with van der Waals surface area (Å²) in [5, 5.41) is 3.16. The first-order valence-electron chi connectivity index (χ1n) is 6.35. The van der Waals surface area contributed by atoms with E-state index in [1.54, 1.807) is 12.4 Å². The Hall–Kier alpha value is -1.94. The van der Waals surface area contributed by atoms with Crippen molar-refractivity contribution in [1.82, 2.24) is 14.9 Å². The van der Waals surface area contributed by atoms with Gasteiger partial charge in [-0.15, -0.1) is 0 Å². The number of aryl methyl sites for hydroxylation is 1. The molecule has 0 saturated heterocycles. The minimum absolute atomic E-state index is 0.130. The maximum absolute atomic E-state index is 12.1. The van der Waals surface area contributed by atoms with Crippen molar-refractivity contribution >= 4 is 5.78 Å². The summed E-state index contributed by atoms with van der Waals surface area (Å²) in [4.78, 5) is 16.2. The molecule has 2 aromatic rings. The Morgan fingerprint density at radius 1 is 1.42 bits per heavy atom. The fraction of sp³-hybridized carbons (Fsp3) is 0.333. The third-order valence-electron chi connectivity index (χ3n) is 3.41. The molecule has 4 nitrogen and oxygen atoms in total. The van der Waals surface area contributed by atoms with Crippen LogP contribution in [-0.4, -0.2) is 21.9 Å². The third kappa shape index (κ3) is 3.09. The van der Waals surface area contributed by atoms with Crippen molar-refractivity contribution in [1.29, 1.82) is 0 Å². The van der Waals surface area contributed by atoms with Crippen LogP contribution in [0.3, 0.4) is 0 Å². The molecule has 0 bridgehead atoms. The SMILES string of the molecule is Cc1cc(C(=O)CNCc2cccnc2)c(C)n1C. The molecule has 0 radical (unpaired) electrons. The first kappa shape index (κ1) is 13.5. The van der Waals surface area contributed by atoms with E-state index in [0.29, 0.717) is 13.1 Å². The van der Waals surface area contributed by atoms with Crippen molar-refractivity contribution in [2.24, 2.45) is 7.05 Å². The van der Waals surface area contributed by atoms with E-state index in [1.807, 2.05) is 43.7 Å². The van der Waals surface area contributed by atoms with Crippen LogP contribution < -0.4 is 5.32 Å². The molecule has 0 atom stereocenters. The lowest BCUT2D eigenvalue weighted by Gasteiger charge is -2.04. The van der Waals surface area contributed by atoms with Crippen molar-refractivity contribution < 1.29 is 4.79 Å². The highest BCUT2D eigenvalue weighted by molar-refractivity contribution is 5.99. The van der Waals surface area contributed by atoms with Gasteiger partial charge < -0.3 is 9.88 Å². The number of hydrogen-bond donors (Lipinski definition) is 1. The summed E-state index contributed by atoms with van der Waals surface area (Å²) in [5.74, 6) is 0.130. The summed E-state index contributed by atoms with van der Waals surface area (Å²) >= 11 is 0. The molecular formula is C15H19N3O. The topological polar surface area (TPSA) is 46.9 Å². The second-order valence-corrected chi connectivity index (χ2v) is 4.73. The van der Waals surface area contributed by atoms with Crippen molar-refractivity contribution in [2.45, 2.75) is 20.4 Å². The van der Waals surface area contributed by atoms with E-state index < -0.39 is 0 Å². The number of carbonyl (C=O) groups is 1. The largest absolute Gasteiger partial charge is 0.351 e. The number of pyridine rings is 1. The van der Waals surface area contributed by atoms with Crippen LogP contribution in [0.1, 0.15) is 27.3 Å². The van der Waals surface area contributed by atoms with Crippen LogP contribution in [0, 0.1) is 13.8 Å². The molecule has 0 spiro atoms. The van der Waals surface area contributed by atoms with E-state index in [-0.39, 0.29) is 5.78 Å². The molecule has 0 fully saturated rings. The summed E-state index contributed by atoms with van der Waals surface area (Å²) < 4.78 is 2.04. The van der Waals surface area contributed by atoms with E-state index in [9.17, 15) is 4.79 Å². The molecule has 0 unspecified atom stereocenters. The van der Waals surface area contributed by atoms with Crippen molar-refractivity contribution in [3.05, 3.63) is 53.1 Å². The molecule has 2 aromatic heterocycles. The number of ketones is 1. The number of hydrogen-bond acceptors (Lipinski definition) is 3. The highest BCUT2D eigenvalue weighted by Gasteiger charge is 2.13. The molecule has 2 rings (SSSR count). The number of carbonyl (C=O) groups excluding carboxylic acids is 1. The number of rotatable bonds is 5. The van der Waals surface area contributed by atoms with Gasteiger partial charge in [-0.2, -0.15) is 0 Å². The summed E-state index contributed by atoms with van der Waals surface area (Å²) in [7, 11) is 1.98. The zero-order chi connectivity index (χ0) is 13.8. The fourth-order valence-electron chi connectivity index (χ4n) is 2.06. The first-order valence-corrected chi connectivity index (χ1v) is 6.35. The Labute approximate surface area is 113 Å². The van der Waals surface area contributed by atoms with Gasteiger partial charge in [0.1, 0.15) is 0 Å². The minimum Gasteiger partial charge on any atom is -0.351 e. The van der Waals surface area contributed by atoms with Gasteiger partial charge in [0.15, 0.2) is 5.78 Å². The van der Waals surface area contributed by atoms with Crippen molar-refractivity contribution in [3.63, 3.8) is 0 Å². The van der Waals surface area contributed by atoms with E-state index >= 15 is 0 Å². The zero-order valence-electron chi connectivity index (χ0n) is 11.6.